The number of aromatic amines is 1. The average molecular weight is 167 g/mol. The number of hydrogen-bond acceptors (Lipinski definition) is 1. The van der Waals surface area contributed by atoms with Gasteiger partial charge in [-0.15, -0.1) is 0 Å². The molecule has 2 rings (SSSR count). The summed E-state index contributed by atoms with van der Waals surface area (Å²) in [5, 5.41) is 1.67. The van der Waals surface area contributed by atoms with Gasteiger partial charge in [0.05, 0.1) is 0 Å². The lowest BCUT2D eigenvalue weighted by Crippen LogP contribution is -1.80. The van der Waals surface area contributed by atoms with Gasteiger partial charge in [-0.25, -0.2) is 4.98 Å². The maximum atomic E-state index is 5.75. The minimum atomic E-state index is 0.539. The summed E-state index contributed by atoms with van der Waals surface area (Å²) in [6, 6.07) is 3.85. The van der Waals surface area contributed by atoms with Gasteiger partial charge in [-0.05, 0) is 24.6 Å². The zero-order valence-corrected chi connectivity index (χ0v) is 6.81. The normalized spacial score (nSPS) is 10.7. The zero-order valence-electron chi connectivity index (χ0n) is 6.06. The van der Waals surface area contributed by atoms with Gasteiger partial charge in [-0.1, -0.05) is 11.6 Å². The standard InChI is InChI=1S/C8H7ClN2/c1-5-4-7(9)11-8-6(5)2-3-10-8/h2-4H,1H3,(H,10,11). The second kappa shape index (κ2) is 2.24. The Morgan fingerprint density at radius 2 is 2.36 bits per heavy atom. The molecular weight excluding hydrogens is 160 g/mol. The van der Waals surface area contributed by atoms with Crippen LogP contribution in [-0.2, 0) is 0 Å². The Morgan fingerprint density at radius 1 is 1.55 bits per heavy atom. The first kappa shape index (κ1) is 6.68. The lowest BCUT2D eigenvalue weighted by Gasteiger charge is -1.95. The highest BCUT2D eigenvalue weighted by Crippen LogP contribution is 2.18. The lowest BCUT2D eigenvalue weighted by molar-refractivity contribution is 1.31. The lowest BCUT2D eigenvalue weighted by atomic mass is 10.2. The summed E-state index contributed by atoms with van der Waals surface area (Å²) in [4.78, 5) is 7.11. The molecule has 56 valence electrons. The van der Waals surface area contributed by atoms with Crippen LogP contribution in [-0.4, -0.2) is 9.97 Å². The Labute approximate surface area is 69.2 Å². The van der Waals surface area contributed by atoms with Crippen molar-refractivity contribution in [3.8, 4) is 0 Å². The molecule has 0 saturated carbocycles. The van der Waals surface area contributed by atoms with Gasteiger partial charge in [0.2, 0.25) is 0 Å². The van der Waals surface area contributed by atoms with E-state index >= 15 is 0 Å². The molecule has 2 heterocycles. The summed E-state index contributed by atoms with van der Waals surface area (Å²) in [5.41, 5.74) is 2.01. The summed E-state index contributed by atoms with van der Waals surface area (Å²) in [6.07, 6.45) is 1.86. The van der Waals surface area contributed by atoms with Crippen LogP contribution >= 0.6 is 11.6 Å². The summed E-state index contributed by atoms with van der Waals surface area (Å²) in [5.74, 6) is 0. The van der Waals surface area contributed by atoms with Crippen LogP contribution in [0.4, 0.5) is 0 Å². The number of aryl methyl sites for hydroxylation is 1. The van der Waals surface area contributed by atoms with Crippen LogP contribution in [0.25, 0.3) is 11.0 Å². The minimum Gasteiger partial charge on any atom is -0.346 e. The van der Waals surface area contributed by atoms with Crippen LogP contribution in [0.5, 0.6) is 0 Å². The van der Waals surface area contributed by atoms with Gasteiger partial charge in [0.15, 0.2) is 0 Å². The fourth-order valence-electron chi connectivity index (χ4n) is 1.17. The van der Waals surface area contributed by atoms with Gasteiger partial charge in [-0.2, -0.15) is 0 Å². The molecular formula is C8H7ClN2. The van der Waals surface area contributed by atoms with Crippen molar-refractivity contribution in [1.82, 2.24) is 9.97 Å². The maximum Gasteiger partial charge on any atom is 0.139 e. The van der Waals surface area contributed by atoms with Crippen molar-refractivity contribution in [3.63, 3.8) is 0 Å². The summed E-state index contributed by atoms with van der Waals surface area (Å²) >= 11 is 5.75. The van der Waals surface area contributed by atoms with E-state index in [0.717, 1.165) is 16.6 Å². The number of pyridine rings is 1. The minimum absolute atomic E-state index is 0.539. The van der Waals surface area contributed by atoms with Gasteiger partial charge in [-0.3, -0.25) is 0 Å². The number of rotatable bonds is 0. The van der Waals surface area contributed by atoms with Crippen molar-refractivity contribution in [1.29, 1.82) is 0 Å². The number of nitrogens with one attached hydrogen (secondary N) is 1. The number of hydrogen-bond donors (Lipinski definition) is 1. The Morgan fingerprint density at radius 3 is 3.18 bits per heavy atom. The Kier molecular flexibility index (Phi) is 1.36. The number of halogens is 1. The number of nitrogens with zero attached hydrogens (tertiary/aromatic N) is 1. The molecule has 0 aliphatic carbocycles. The van der Waals surface area contributed by atoms with E-state index in [1.165, 1.54) is 0 Å². The fraction of sp³-hybridized carbons (Fsp3) is 0.125. The van der Waals surface area contributed by atoms with Gasteiger partial charge >= 0.3 is 0 Å². The quantitative estimate of drug-likeness (QED) is 0.599. The van der Waals surface area contributed by atoms with Crippen molar-refractivity contribution in [2.24, 2.45) is 0 Å². The van der Waals surface area contributed by atoms with E-state index in [4.69, 9.17) is 11.6 Å². The Balaban J connectivity index is 2.91. The monoisotopic (exact) mass is 166 g/mol. The molecule has 0 spiro atoms. The van der Waals surface area contributed by atoms with E-state index in [2.05, 4.69) is 9.97 Å². The van der Waals surface area contributed by atoms with Crippen molar-refractivity contribution < 1.29 is 0 Å². The number of fused-ring (bicyclic) bond motifs is 1. The topological polar surface area (TPSA) is 28.7 Å². The second-order valence-electron chi connectivity index (χ2n) is 2.50. The smallest absolute Gasteiger partial charge is 0.139 e. The van der Waals surface area contributed by atoms with Crippen LogP contribution in [0.1, 0.15) is 5.56 Å². The molecule has 0 fully saturated rings. The molecule has 0 radical (unpaired) electrons. The van der Waals surface area contributed by atoms with Crippen LogP contribution < -0.4 is 0 Å². The summed E-state index contributed by atoms with van der Waals surface area (Å²) in [6.45, 7) is 2.02. The first-order valence-electron chi connectivity index (χ1n) is 3.37. The van der Waals surface area contributed by atoms with E-state index < -0.39 is 0 Å². The van der Waals surface area contributed by atoms with Crippen LogP contribution in [0.2, 0.25) is 5.15 Å². The fourth-order valence-corrected chi connectivity index (χ4v) is 1.41. The molecule has 0 atom stereocenters. The average Bonchev–Trinajstić information content (AvgIpc) is 2.34. The molecule has 2 nitrogen and oxygen atoms in total. The van der Waals surface area contributed by atoms with Crippen LogP contribution in [0, 0.1) is 6.92 Å². The van der Waals surface area contributed by atoms with Gasteiger partial charge in [0.1, 0.15) is 10.8 Å². The third-order valence-electron chi connectivity index (χ3n) is 1.70. The molecule has 0 bridgehead atoms. The van der Waals surface area contributed by atoms with E-state index in [9.17, 15) is 0 Å². The Hall–Kier alpha value is -1.02. The first-order chi connectivity index (χ1) is 5.27. The molecule has 11 heavy (non-hydrogen) atoms. The van der Waals surface area contributed by atoms with Crippen LogP contribution in [0.15, 0.2) is 18.3 Å². The van der Waals surface area contributed by atoms with E-state index in [0.29, 0.717) is 5.15 Å². The molecule has 2 aromatic heterocycles. The largest absolute Gasteiger partial charge is 0.346 e. The van der Waals surface area contributed by atoms with Crippen molar-refractivity contribution >= 4 is 22.6 Å². The van der Waals surface area contributed by atoms with Crippen LogP contribution in [0.3, 0.4) is 0 Å². The second-order valence-corrected chi connectivity index (χ2v) is 2.89. The molecule has 0 saturated heterocycles. The van der Waals surface area contributed by atoms with Crippen molar-refractivity contribution in [3.05, 3.63) is 29.0 Å². The predicted molar refractivity (Wildman–Crippen MR) is 45.8 cm³/mol. The van der Waals surface area contributed by atoms with Crippen molar-refractivity contribution in [2.45, 2.75) is 6.92 Å². The first-order valence-corrected chi connectivity index (χ1v) is 3.75. The van der Waals surface area contributed by atoms with Gasteiger partial charge in [0, 0.05) is 11.6 Å². The van der Waals surface area contributed by atoms with E-state index in [1.54, 1.807) is 0 Å². The maximum absolute atomic E-state index is 5.75. The highest BCUT2D eigenvalue weighted by atomic mass is 35.5. The van der Waals surface area contributed by atoms with E-state index in [1.807, 2.05) is 25.3 Å². The molecule has 0 aliphatic heterocycles. The summed E-state index contributed by atoms with van der Waals surface area (Å²) < 4.78 is 0. The molecule has 1 N–H and O–H groups in total. The third kappa shape index (κ3) is 0.994. The SMILES string of the molecule is Cc1cc(Cl)nc2[nH]ccc12. The predicted octanol–water partition coefficient (Wildman–Crippen LogP) is 2.52. The zero-order chi connectivity index (χ0) is 7.84. The molecule has 3 heteroatoms. The molecule has 2 aromatic rings. The van der Waals surface area contributed by atoms with Gasteiger partial charge in [0.25, 0.3) is 0 Å². The molecule has 0 amide bonds. The van der Waals surface area contributed by atoms with Gasteiger partial charge < -0.3 is 4.98 Å². The third-order valence-corrected chi connectivity index (χ3v) is 1.90. The van der Waals surface area contributed by atoms with E-state index in [-0.39, 0.29) is 0 Å². The Bertz CT molecular complexity index is 392. The number of H-pyrrole nitrogens is 1. The number of aromatic nitrogens is 2. The molecule has 0 aliphatic rings. The molecule has 0 unspecified atom stereocenters. The highest BCUT2D eigenvalue weighted by Gasteiger charge is 2.00. The molecule has 0 aromatic carbocycles. The highest BCUT2D eigenvalue weighted by molar-refractivity contribution is 6.29. The van der Waals surface area contributed by atoms with Crippen molar-refractivity contribution in [2.75, 3.05) is 0 Å². The summed E-state index contributed by atoms with van der Waals surface area (Å²) in [7, 11) is 0.